The normalized spacial score (nSPS) is 12.4. The molecule has 2 rings (SSSR count). The summed E-state index contributed by atoms with van der Waals surface area (Å²) in [5, 5.41) is 0. The Morgan fingerprint density at radius 1 is 0.534 bits per heavy atom. The standard InChI is InChI=1S/C55H90N2Si/c1-8-10-12-14-16-18-20-22-23-24-25-26-28-30-32-34-36-38-43-55(57-53-45-44-49(3)50(4)46-53)54(56-52-41-39-40-51(47-52)48-58(5,6)7)42-37-35-33-31-29-27-21-19-17-15-13-11-9-2/h37,39-42,44-47H,8-36,48H2,1-7H3. The molecule has 0 heterocycles. The molecule has 58 heavy (non-hydrogen) atoms. The molecule has 0 unspecified atom stereocenters. The van der Waals surface area contributed by atoms with Gasteiger partial charge in [-0.2, -0.15) is 0 Å². The van der Waals surface area contributed by atoms with Gasteiger partial charge in [0, 0.05) is 14.5 Å². The average Bonchev–Trinajstić information content (AvgIpc) is 3.19. The Balaban J connectivity index is 2.02. The Labute approximate surface area is 362 Å². The van der Waals surface area contributed by atoms with E-state index < -0.39 is 8.07 Å². The van der Waals surface area contributed by atoms with Crippen molar-refractivity contribution in [3.05, 3.63) is 71.3 Å². The number of rotatable bonds is 34. The van der Waals surface area contributed by atoms with Crippen LogP contribution in [0.5, 0.6) is 0 Å². The van der Waals surface area contributed by atoms with E-state index in [9.17, 15) is 0 Å². The van der Waals surface area contributed by atoms with Crippen molar-refractivity contribution < 1.29 is 0 Å². The van der Waals surface area contributed by atoms with E-state index in [1.807, 2.05) is 0 Å². The summed E-state index contributed by atoms with van der Waals surface area (Å²) in [6.45, 7) is 16.3. The van der Waals surface area contributed by atoms with Gasteiger partial charge in [-0.3, -0.25) is 0 Å². The molecule has 0 amide bonds. The summed E-state index contributed by atoms with van der Waals surface area (Å²) >= 11 is 0. The Bertz CT molecular complexity index is 1480. The molecule has 0 saturated heterocycles. The van der Waals surface area contributed by atoms with Crippen molar-refractivity contribution in [2.24, 2.45) is 9.98 Å². The SMILES string of the molecule is CCCCCCCCCCCCCC=CC(=Nc1cccc(C[Si](C)(C)C)c1)C(C#CCCCCCCCCCCCCCCCCCC)=Nc1ccc(C)c(C)c1. The van der Waals surface area contributed by atoms with Crippen LogP contribution in [0.3, 0.4) is 0 Å². The molecule has 0 fully saturated rings. The molecule has 2 nitrogen and oxygen atoms in total. The Hall–Kier alpha value is -2.70. The maximum Gasteiger partial charge on any atom is 0.139 e. The van der Waals surface area contributed by atoms with E-state index in [0.717, 1.165) is 48.1 Å². The highest BCUT2D eigenvalue weighted by Gasteiger charge is 2.14. The lowest BCUT2D eigenvalue weighted by Gasteiger charge is -2.15. The maximum absolute atomic E-state index is 5.29. The van der Waals surface area contributed by atoms with Crippen molar-refractivity contribution in [3.63, 3.8) is 0 Å². The summed E-state index contributed by atoms with van der Waals surface area (Å²) in [6, 6.07) is 16.5. The molecule has 0 N–H and O–H groups in total. The molecule has 0 bridgehead atoms. The van der Waals surface area contributed by atoms with Crippen LogP contribution in [0.25, 0.3) is 0 Å². The molecule has 0 spiro atoms. The number of unbranched alkanes of at least 4 members (excludes halogenated alkanes) is 27. The minimum atomic E-state index is -1.26. The van der Waals surface area contributed by atoms with Crippen molar-refractivity contribution >= 4 is 30.9 Å². The number of aryl methyl sites for hydroxylation is 2. The third-order valence-corrected chi connectivity index (χ3v) is 12.9. The molecule has 0 aliphatic rings. The van der Waals surface area contributed by atoms with Gasteiger partial charge in [-0.1, -0.05) is 224 Å². The zero-order chi connectivity index (χ0) is 41.9. The van der Waals surface area contributed by atoms with Crippen LogP contribution >= 0.6 is 0 Å². The second-order valence-electron chi connectivity index (χ2n) is 18.7. The van der Waals surface area contributed by atoms with Crippen molar-refractivity contribution in [2.75, 3.05) is 0 Å². The largest absolute Gasteiger partial charge is 0.246 e. The van der Waals surface area contributed by atoms with Gasteiger partial charge in [-0.05, 0) is 92.1 Å². The number of hydrogen-bond donors (Lipinski definition) is 0. The van der Waals surface area contributed by atoms with Gasteiger partial charge >= 0.3 is 0 Å². The van der Waals surface area contributed by atoms with Crippen LogP contribution in [0, 0.1) is 25.7 Å². The molecular formula is C55H90N2Si. The van der Waals surface area contributed by atoms with Crippen LogP contribution in [-0.4, -0.2) is 19.5 Å². The fourth-order valence-corrected chi connectivity index (χ4v) is 9.20. The molecule has 2 aromatic rings. The zero-order valence-electron chi connectivity index (χ0n) is 39.3. The summed E-state index contributed by atoms with van der Waals surface area (Å²) in [4.78, 5) is 10.5. The van der Waals surface area contributed by atoms with Crippen LogP contribution in [-0.2, 0) is 6.04 Å². The molecule has 0 aliphatic carbocycles. The molecular weight excluding hydrogens is 717 g/mol. The fraction of sp³-hybridized carbons (Fsp3) is 0.673. The second-order valence-corrected chi connectivity index (χ2v) is 24.2. The summed E-state index contributed by atoms with van der Waals surface area (Å²) in [6.07, 6.45) is 43.7. The smallest absolute Gasteiger partial charge is 0.139 e. The minimum absolute atomic E-state index is 0.783. The third kappa shape index (κ3) is 27.9. The summed E-state index contributed by atoms with van der Waals surface area (Å²) < 4.78 is 0. The van der Waals surface area contributed by atoms with Crippen LogP contribution < -0.4 is 0 Å². The van der Waals surface area contributed by atoms with Crippen molar-refractivity contribution in [3.8, 4) is 11.8 Å². The first kappa shape index (κ1) is 51.4. The first-order valence-electron chi connectivity index (χ1n) is 24.7. The second kappa shape index (κ2) is 34.1. The maximum atomic E-state index is 5.29. The number of aliphatic imine (C=N–C) groups is 2. The highest BCUT2D eigenvalue weighted by Crippen LogP contribution is 2.22. The average molecular weight is 807 g/mol. The van der Waals surface area contributed by atoms with Gasteiger partial charge in [0.1, 0.15) is 5.71 Å². The molecule has 0 atom stereocenters. The van der Waals surface area contributed by atoms with Crippen LogP contribution in [0.15, 0.2) is 64.6 Å². The number of nitrogens with zero attached hydrogens (tertiary/aromatic N) is 2. The van der Waals surface area contributed by atoms with E-state index in [1.165, 1.54) is 184 Å². The summed E-state index contributed by atoms with van der Waals surface area (Å²) in [7, 11) is -1.26. The molecule has 0 radical (unpaired) electrons. The molecule has 0 aromatic heterocycles. The number of hydrogen-bond acceptors (Lipinski definition) is 2. The molecule has 324 valence electrons. The topological polar surface area (TPSA) is 24.7 Å². The van der Waals surface area contributed by atoms with Crippen LogP contribution in [0.2, 0.25) is 19.6 Å². The number of allylic oxidation sites excluding steroid dienone is 2. The lowest BCUT2D eigenvalue weighted by atomic mass is 10.0. The number of benzene rings is 2. The van der Waals surface area contributed by atoms with Gasteiger partial charge in [0.05, 0.1) is 17.1 Å². The van der Waals surface area contributed by atoms with E-state index in [0.29, 0.717) is 0 Å². The quantitative estimate of drug-likeness (QED) is 0.0291. The highest BCUT2D eigenvalue weighted by atomic mass is 28.3. The van der Waals surface area contributed by atoms with E-state index in [2.05, 4.69) is 114 Å². The minimum Gasteiger partial charge on any atom is -0.246 e. The van der Waals surface area contributed by atoms with E-state index in [4.69, 9.17) is 9.98 Å². The summed E-state index contributed by atoms with van der Waals surface area (Å²) in [5.41, 5.74) is 7.54. The molecule has 0 saturated carbocycles. The van der Waals surface area contributed by atoms with Gasteiger partial charge in [0.25, 0.3) is 0 Å². The zero-order valence-corrected chi connectivity index (χ0v) is 40.3. The fourth-order valence-electron chi connectivity index (χ4n) is 7.76. The van der Waals surface area contributed by atoms with Crippen LogP contribution in [0.4, 0.5) is 11.4 Å². The van der Waals surface area contributed by atoms with Gasteiger partial charge < -0.3 is 0 Å². The van der Waals surface area contributed by atoms with Gasteiger partial charge in [-0.15, -0.1) is 0 Å². The van der Waals surface area contributed by atoms with E-state index >= 15 is 0 Å². The molecule has 3 heteroatoms. The van der Waals surface area contributed by atoms with Crippen molar-refractivity contribution in [2.45, 2.75) is 240 Å². The summed E-state index contributed by atoms with van der Waals surface area (Å²) in [5.74, 6) is 7.10. The Morgan fingerprint density at radius 2 is 1.02 bits per heavy atom. The van der Waals surface area contributed by atoms with E-state index in [-0.39, 0.29) is 0 Å². The highest BCUT2D eigenvalue weighted by molar-refractivity contribution is 6.75. The first-order chi connectivity index (χ1) is 28.2. The van der Waals surface area contributed by atoms with E-state index in [1.54, 1.807) is 0 Å². The Kier molecular flexibility index (Phi) is 30.2. The van der Waals surface area contributed by atoms with Crippen molar-refractivity contribution in [1.29, 1.82) is 0 Å². The van der Waals surface area contributed by atoms with Crippen LogP contribution in [0.1, 0.15) is 217 Å². The predicted octanol–water partition coefficient (Wildman–Crippen LogP) is 18.5. The third-order valence-electron chi connectivity index (χ3n) is 11.5. The lowest BCUT2D eigenvalue weighted by Crippen LogP contribution is -2.23. The van der Waals surface area contributed by atoms with Gasteiger partial charge in [0.15, 0.2) is 0 Å². The molecule has 2 aromatic carbocycles. The monoisotopic (exact) mass is 807 g/mol. The van der Waals surface area contributed by atoms with Gasteiger partial charge in [0.2, 0.25) is 0 Å². The lowest BCUT2D eigenvalue weighted by molar-refractivity contribution is 0.530. The van der Waals surface area contributed by atoms with Gasteiger partial charge in [-0.25, -0.2) is 9.98 Å². The van der Waals surface area contributed by atoms with Crippen molar-refractivity contribution in [1.82, 2.24) is 0 Å². The predicted molar refractivity (Wildman–Crippen MR) is 266 cm³/mol. The Morgan fingerprint density at radius 3 is 1.52 bits per heavy atom. The molecule has 0 aliphatic heterocycles. The first-order valence-corrected chi connectivity index (χ1v) is 28.4.